The molecule has 0 aliphatic carbocycles. The van der Waals surface area contributed by atoms with Gasteiger partial charge in [-0.05, 0) is 46.3 Å². The summed E-state index contributed by atoms with van der Waals surface area (Å²) in [4.78, 5) is 16.1. The van der Waals surface area contributed by atoms with Gasteiger partial charge in [0.25, 0.3) is 5.91 Å². The number of carbonyl (C=O) groups is 1. The van der Waals surface area contributed by atoms with Crippen LogP contribution < -0.4 is 5.32 Å². The molecule has 1 amide bonds. The molecule has 0 spiro atoms. The third kappa shape index (κ3) is 3.31. The molecule has 2 rings (SSSR count). The molecule has 0 saturated carbocycles. The molecule has 0 radical (unpaired) electrons. The average molecular weight is 390 g/mol. The SMILES string of the molecule is O=C(Nc1cccc(Br)n1)c1ccc(Br)cc1Cl. The van der Waals surface area contributed by atoms with Gasteiger partial charge in [-0.3, -0.25) is 4.79 Å². The van der Waals surface area contributed by atoms with Gasteiger partial charge in [0.05, 0.1) is 10.6 Å². The number of nitrogens with one attached hydrogen (secondary N) is 1. The maximum Gasteiger partial charge on any atom is 0.258 e. The molecule has 2 aromatic rings. The summed E-state index contributed by atoms with van der Waals surface area (Å²) in [7, 11) is 0. The maximum absolute atomic E-state index is 12.0. The van der Waals surface area contributed by atoms with Crippen LogP contribution >= 0.6 is 43.5 Å². The van der Waals surface area contributed by atoms with E-state index in [2.05, 4.69) is 42.2 Å². The molecule has 0 aliphatic rings. The van der Waals surface area contributed by atoms with Crippen LogP contribution in [0.2, 0.25) is 5.02 Å². The van der Waals surface area contributed by atoms with Crippen molar-refractivity contribution in [3.63, 3.8) is 0 Å². The number of nitrogens with zero attached hydrogens (tertiary/aromatic N) is 1. The summed E-state index contributed by atoms with van der Waals surface area (Å²) in [6.07, 6.45) is 0. The Labute approximate surface area is 126 Å². The highest BCUT2D eigenvalue weighted by Crippen LogP contribution is 2.22. The van der Waals surface area contributed by atoms with Crippen LogP contribution in [0.5, 0.6) is 0 Å². The Kier molecular flexibility index (Phi) is 4.37. The Bertz CT molecular complexity index is 604. The molecule has 1 aromatic carbocycles. The van der Waals surface area contributed by atoms with Crippen molar-refractivity contribution in [1.29, 1.82) is 0 Å². The second kappa shape index (κ2) is 5.82. The predicted octanol–water partition coefficient (Wildman–Crippen LogP) is 4.51. The number of hydrogen-bond acceptors (Lipinski definition) is 2. The Morgan fingerprint density at radius 3 is 2.67 bits per heavy atom. The van der Waals surface area contributed by atoms with Crippen LogP contribution in [0.3, 0.4) is 0 Å². The van der Waals surface area contributed by atoms with Gasteiger partial charge < -0.3 is 5.32 Å². The number of rotatable bonds is 2. The van der Waals surface area contributed by atoms with Crippen molar-refractivity contribution in [2.24, 2.45) is 0 Å². The van der Waals surface area contributed by atoms with Crippen molar-refractivity contribution >= 4 is 55.2 Å². The van der Waals surface area contributed by atoms with Crippen LogP contribution in [0.25, 0.3) is 0 Å². The lowest BCUT2D eigenvalue weighted by molar-refractivity contribution is 0.102. The Balaban J connectivity index is 2.22. The van der Waals surface area contributed by atoms with E-state index in [0.717, 1.165) is 4.47 Å². The van der Waals surface area contributed by atoms with Crippen LogP contribution in [0.1, 0.15) is 10.4 Å². The van der Waals surface area contributed by atoms with Gasteiger partial charge in [0.15, 0.2) is 0 Å². The first-order valence-electron chi connectivity index (χ1n) is 4.95. The number of benzene rings is 1. The number of aromatic nitrogens is 1. The first kappa shape index (κ1) is 13.5. The van der Waals surface area contributed by atoms with Crippen molar-refractivity contribution in [2.75, 3.05) is 5.32 Å². The third-order valence-electron chi connectivity index (χ3n) is 2.13. The number of pyridine rings is 1. The average Bonchev–Trinajstić information content (AvgIpc) is 2.28. The predicted molar refractivity (Wildman–Crippen MR) is 79.0 cm³/mol. The van der Waals surface area contributed by atoms with E-state index >= 15 is 0 Å². The van der Waals surface area contributed by atoms with Gasteiger partial charge in [-0.2, -0.15) is 0 Å². The van der Waals surface area contributed by atoms with E-state index in [1.54, 1.807) is 36.4 Å². The second-order valence-electron chi connectivity index (χ2n) is 3.42. The number of anilines is 1. The fourth-order valence-electron chi connectivity index (χ4n) is 1.34. The summed E-state index contributed by atoms with van der Waals surface area (Å²) in [6, 6.07) is 10.4. The summed E-state index contributed by atoms with van der Waals surface area (Å²) in [5.74, 6) is 0.173. The lowest BCUT2D eigenvalue weighted by Gasteiger charge is -2.06. The molecule has 0 saturated heterocycles. The summed E-state index contributed by atoms with van der Waals surface area (Å²) >= 11 is 12.5. The molecular formula is C12H7Br2ClN2O. The number of amides is 1. The van der Waals surface area contributed by atoms with Crippen LogP contribution in [0, 0.1) is 0 Å². The zero-order valence-electron chi connectivity index (χ0n) is 8.95. The normalized spacial score (nSPS) is 10.2. The van der Waals surface area contributed by atoms with Crippen molar-refractivity contribution in [2.45, 2.75) is 0 Å². The number of hydrogen-bond donors (Lipinski definition) is 1. The molecule has 0 aliphatic heterocycles. The number of carbonyl (C=O) groups excluding carboxylic acids is 1. The summed E-state index contributed by atoms with van der Waals surface area (Å²) in [5.41, 5.74) is 0.404. The summed E-state index contributed by atoms with van der Waals surface area (Å²) in [6.45, 7) is 0. The van der Waals surface area contributed by atoms with E-state index in [4.69, 9.17) is 11.6 Å². The van der Waals surface area contributed by atoms with E-state index in [-0.39, 0.29) is 5.91 Å². The molecule has 1 aromatic heterocycles. The van der Waals surface area contributed by atoms with Gasteiger partial charge >= 0.3 is 0 Å². The van der Waals surface area contributed by atoms with E-state index < -0.39 is 0 Å². The highest BCUT2D eigenvalue weighted by atomic mass is 79.9. The molecule has 1 heterocycles. The molecule has 0 atom stereocenters. The van der Waals surface area contributed by atoms with Crippen molar-refractivity contribution < 1.29 is 4.79 Å². The minimum Gasteiger partial charge on any atom is -0.306 e. The summed E-state index contributed by atoms with van der Waals surface area (Å²) in [5, 5.41) is 3.07. The zero-order valence-corrected chi connectivity index (χ0v) is 12.9. The van der Waals surface area contributed by atoms with Crippen LogP contribution in [-0.2, 0) is 0 Å². The van der Waals surface area contributed by atoms with E-state index in [9.17, 15) is 4.79 Å². The van der Waals surface area contributed by atoms with Gasteiger partial charge in [-0.25, -0.2) is 4.98 Å². The van der Waals surface area contributed by atoms with Gasteiger partial charge in [0.1, 0.15) is 10.4 Å². The van der Waals surface area contributed by atoms with Crippen LogP contribution in [0.15, 0.2) is 45.5 Å². The van der Waals surface area contributed by atoms with Crippen LogP contribution in [0.4, 0.5) is 5.82 Å². The van der Waals surface area contributed by atoms with Gasteiger partial charge in [0.2, 0.25) is 0 Å². The van der Waals surface area contributed by atoms with Crippen molar-refractivity contribution in [3.05, 3.63) is 56.1 Å². The quantitative estimate of drug-likeness (QED) is 0.767. The highest BCUT2D eigenvalue weighted by molar-refractivity contribution is 9.10. The largest absolute Gasteiger partial charge is 0.306 e. The van der Waals surface area contributed by atoms with E-state index in [1.807, 2.05) is 0 Å². The van der Waals surface area contributed by atoms with Crippen molar-refractivity contribution in [1.82, 2.24) is 4.98 Å². The highest BCUT2D eigenvalue weighted by Gasteiger charge is 2.11. The fourth-order valence-corrected chi connectivity index (χ4v) is 2.44. The summed E-state index contributed by atoms with van der Waals surface area (Å²) < 4.78 is 1.48. The molecule has 0 fully saturated rings. The molecule has 1 N–H and O–H groups in total. The van der Waals surface area contributed by atoms with Crippen molar-refractivity contribution in [3.8, 4) is 0 Å². The second-order valence-corrected chi connectivity index (χ2v) is 5.56. The maximum atomic E-state index is 12.0. The van der Waals surface area contributed by atoms with E-state index in [0.29, 0.717) is 21.0 Å². The molecule has 0 bridgehead atoms. The number of halogens is 3. The Morgan fingerprint density at radius 2 is 2.00 bits per heavy atom. The monoisotopic (exact) mass is 388 g/mol. The van der Waals surface area contributed by atoms with E-state index in [1.165, 1.54) is 0 Å². The Hall–Kier alpha value is -0.910. The van der Waals surface area contributed by atoms with Gasteiger partial charge in [-0.15, -0.1) is 0 Å². The first-order valence-corrected chi connectivity index (χ1v) is 6.91. The lowest BCUT2D eigenvalue weighted by Crippen LogP contribution is -2.13. The smallest absolute Gasteiger partial charge is 0.258 e. The van der Waals surface area contributed by atoms with Gasteiger partial charge in [0, 0.05) is 4.47 Å². The molecule has 6 heteroatoms. The first-order chi connectivity index (χ1) is 8.56. The standard InChI is InChI=1S/C12H7Br2ClN2O/c13-7-4-5-8(9(15)6-7)12(18)17-11-3-1-2-10(14)16-11/h1-6H,(H,16,17,18). The molecule has 92 valence electrons. The molecule has 0 unspecified atom stereocenters. The molecular weight excluding hydrogens is 383 g/mol. The van der Waals surface area contributed by atoms with Gasteiger partial charge in [-0.1, -0.05) is 33.6 Å². The molecule has 3 nitrogen and oxygen atoms in total. The molecule has 18 heavy (non-hydrogen) atoms. The van der Waals surface area contributed by atoms with Crippen LogP contribution in [-0.4, -0.2) is 10.9 Å². The third-order valence-corrected chi connectivity index (χ3v) is 3.38. The Morgan fingerprint density at radius 1 is 1.22 bits per heavy atom. The minimum absolute atomic E-state index is 0.293. The topological polar surface area (TPSA) is 42.0 Å². The minimum atomic E-state index is -0.293. The lowest BCUT2D eigenvalue weighted by atomic mass is 10.2. The fraction of sp³-hybridized carbons (Fsp3) is 0. The zero-order chi connectivity index (χ0) is 13.1.